The Hall–Kier alpha value is -1.85. The van der Waals surface area contributed by atoms with E-state index in [-0.39, 0.29) is 17.4 Å². The lowest BCUT2D eigenvalue weighted by molar-refractivity contribution is -0.114. The van der Waals surface area contributed by atoms with Gasteiger partial charge in [-0.2, -0.15) is 5.10 Å². The van der Waals surface area contributed by atoms with Gasteiger partial charge in [0.25, 0.3) is 0 Å². The zero-order chi connectivity index (χ0) is 10.7. The number of amides is 1. The Morgan fingerprint density at radius 1 is 1.64 bits per heavy atom. The molecule has 6 heteroatoms. The van der Waals surface area contributed by atoms with E-state index in [0.29, 0.717) is 6.54 Å². The van der Waals surface area contributed by atoms with E-state index < -0.39 is 5.97 Å². The lowest BCUT2D eigenvalue weighted by Gasteiger charge is -1.97. The molecule has 0 fully saturated rings. The summed E-state index contributed by atoms with van der Waals surface area (Å²) in [5, 5.41) is 15.1. The molecule has 1 aromatic heterocycles. The van der Waals surface area contributed by atoms with Crippen molar-refractivity contribution in [3.05, 3.63) is 11.8 Å². The molecule has 0 atom stereocenters. The molecule has 0 aliphatic carbocycles. The lowest BCUT2D eigenvalue weighted by Crippen LogP contribution is -2.09. The van der Waals surface area contributed by atoms with Crippen molar-refractivity contribution in [2.45, 2.75) is 20.4 Å². The van der Waals surface area contributed by atoms with Gasteiger partial charge in [0.2, 0.25) is 5.91 Å². The second kappa shape index (κ2) is 3.91. The number of aromatic nitrogens is 2. The highest BCUT2D eigenvalue weighted by Gasteiger charge is 2.13. The SMILES string of the molecule is CCn1nc(NC(C)=O)cc1C(=O)O. The fourth-order valence-corrected chi connectivity index (χ4v) is 1.07. The highest BCUT2D eigenvalue weighted by atomic mass is 16.4. The van der Waals surface area contributed by atoms with Crippen LogP contribution in [0.1, 0.15) is 24.3 Å². The van der Waals surface area contributed by atoms with Gasteiger partial charge >= 0.3 is 5.97 Å². The van der Waals surface area contributed by atoms with E-state index in [9.17, 15) is 9.59 Å². The first kappa shape index (κ1) is 10.2. The number of nitrogens with one attached hydrogen (secondary N) is 1. The number of hydrogen-bond donors (Lipinski definition) is 2. The summed E-state index contributed by atoms with van der Waals surface area (Å²) in [5.41, 5.74) is 0.0660. The molecule has 2 N–H and O–H groups in total. The molecule has 0 saturated carbocycles. The molecule has 76 valence electrons. The van der Waals surface area contributed by atoms with Gasteiger partial charge in [-0.15, -0.1) is 0 Å². The van der Waals surface area contributed by atoms with E-state index in [4.69, 9.17) is 5.11 Å². The van der Waals surface area contributed by atoms with Crippen molar-refractivity contribution in [2.24, 2.45) is 0 Å². The third-order valence-corrected chi connectivity index (χ3v) is 1.60. The summed E-state index contributed by atoms with van der Waals surface area (Å²) < 4.78 is 1.31. The van der Waals surface area contributed by atoms with Gasteiger partial charge in [-0.3, -0.25) is 9.48 Å². The second-order valence-corrected chi connectivity index (χ2v) is 2.72. The van der Waals surface area contributed by atoms with Crippen LogP contribution in [0.2, 0.25) is 0 Å². The zero-order valence-electron chi connectivity index (χ0n) is 7.94. The van der Waals surface area contributed by atoms with Gasteiger partial charge in [-0.1, -0.05) is 0 Å². The summed E-state index contributed by atoms with van der Waals surface area (Å²) in [6, 6.07) is 1.33. The summed E-state index contributed by atoms with van der Waals surface area (Å²) in [5.74, 6) is -1.07. The van der Waals surface area contributed by atoms with Crippen molar-refractivity contribution in [2.75, 3.05) is 5.32 Å². The number of carbonyl (C=O) groups excluding carboxylic acids is 1. The van der Waals surface area contributed by atoms with Crippen LogP contribution in [0.5, 0.6) is 0 Å². The van der Waals surface area contributed by atoms with Gasteiger partial charge in [-0.05, 0) is 6.92 Å². The monoisotopic (exact) mass is 197 g/mol. The Morgan fingerprint density at radius 3 is 2.64 bits per heavy atom. The number of aryl methyl sites for hydroxylation is 1. The van der Waals surface area contributed by atoms with Gasteiger partial charge in [0.05, 0.1) is 0 Å². The minimum atomic E-state index is -1.06. The quantitative estimate of drug-likeness (QED) is 0.741. The Kier molecular flexibility index (Phi) is 2.85. The van der Waals surface area contributed by atoms with Crippen LogP contribution in [-0.2, 0) is 11.3 Å². The molecule has 0 aromatic carbocycles. The van der Waals surface area contributed by atoms with Crippen LogP contribution in [0.4, 0.5) is 5.82 Å². The molecule has 0 aliphatic rings. The van der Waals surface area contributed by atoms with Crippen LogP contribution in [0.15, 0.2) is 6.07 Å². The number of rotatable bonds is 3. The van der Waals surface area contributed by atoms with E-state index in [1.54, 1.807) is 6.92 Å². The Labute approximate surface area is 80.5 Å². The minimum absolute atomic E-state index is 0.0660. The van der Waals surface area contributed by atoms with Crippen molar-refractivity contribution >= 4 is 17.7 Å². The third kappa shape index (κ3) is 2.09. The minimum Gasteiger partial charge on any atom is -0.477 e. The summed E-state index contributed by atoms with van der Waals surface area (Å²) in [4.78, 5) is 21.4. The molecule has 14 heavy (non-hydrogen) atoms. The molecule has 0 radical (unpaired) electrons. The Bertz CT molecular complexity index is 370. The molecule has 1 rings (SSSR count). The molecule has 0 spiro atoms. The third-order valence-electron chi connectivity index (χ3n) is 1.60. The van der Waals surface area contributed by atoms with Gasteiger partial charge in [0.1, 0.15) is 5.69 Å². The number of nitrogens with zero attached hydrogens (tertiary/aromatic N) is 2. The number of carbonyl (C=O) groups is 2. The summed E-state index contributed by atoms with van der Waals surface area (Å²) in [6.45, 7) is 3.56. The Morgan fingerprint density at radius 2 is 2.29 bits per heavy atom. The highest BCUT2D eigenvalue weighted by molar-refractivity contribution is 5.91. The first-order valence-corrected chi connectivity index (χ1v) is 4.13. The fraction of sp³-hybridized carbons (Fsp3) is 0.375. The van der Waals surface area contributed by atoms with Crippen LogP contribution in [-0.4, -0.2) is 26.8 Å². The molecule has 0 aliphatic heterocycles. The summed E-state index contributed by atoms with van der Waals surface area (Å²) >= 11 is 0. The van der Waals surface area contributed by atoms with E-state index in [1.165, 1.54) is 17.7 Å². The van der Waals surface area contributed by atoms with Gasteiger partial charge in [0, 0.05) is 19.5 Å². The number of carboxylic acid groups (broad SMARTS) is 1. The molecular weight excluding hydrogens is 186 g/mol. The number of aromatic carboxylic acids is 1. The van der Waals surface area contributed by atoms with Crippen molar-refractivity contribution in [3.63, 3.8) is 0 Å². The van der Waals surface area contributed by atoms with Gasteiger partial charge < -0.3 is 10.4 Å². The number of carboxylic acids is 1. The highest BCUT2D eigenvalue weighted by Crippen LogP contribution is 2.09. The largest absolute Gasteiger partial charge is 0.477 e. The maximum Gasteiger partial charge on any atom is 0.354 e. The smallest absolute Gasteiger partial charge is 0.354 e. The normalized spacial score (nSPS) is 9.86. The van der Waals surface area contributed by atoms with Crippen LogP contribution in [0.3, 0.4) is 0 Å². The molecule has 6 nitrogen and oxygen atoms in total. The van der Waals surface area contributed by atoms with Crippen LogP contribution in [0.25, 0.3) is 0 Å². The predicted molar refractivity (Wildman–Crippen MR) is 49.2 cm³/mol. The summed E-state index contributed by atoms with van der Waals surface area (Å²) in [7, 11) is 0. The topological polar surface area (TPSA) is 84.2 Å². The van der Waals surface area contributed by atoms with Crippen LogP contribution >= 0.6 is 0 Å². The molecule has 0 saturated heterocycles. The fourth-order valence-electron chi connectivity index (χ4n) is 1.07. The number of anilines is 1. The van der Waals surface area contributed by atoms with Crippen molar-refractivity contribution in [1.82, 2.24) is 9.78 Å². The lowest BCUT2D eigenvalue weighted by atomic mass is 10.4. The standard InChI is InChI=1S/C8H11N3O3/c1-3-11-6(8(13)14)4-7(10-11)9-5(2)12/h4H,3H2,1-2H3,(H,13,14)(H,9,10,12). The maximum absolute atomic E-state index is 10.7. The van der Waals surface area contributed by atoms with Crippen LogP contribution < -0.4 is 5.32 Å². The molecule has 1 heterocycles. The Balaban J connectivity index is 3.00. The van der Waals surface area contributed by atoms with Crippen molar-refractivity contribution in [3.8, 4) is 0 Å². The van der Waals surface area contributed by atoms with Gasteiger partial charge in [0.15, 0.2) is 5.82 Å². The summed E-state index contributed by atoms with van der Waals surface area (Å²) in [6.07, 6.45) is 0. The second-order valence-electron chi connectivity index (χ2n) is 2.72. The molecule has 0 unspecified atom stereocenters. The first-order valence-electron chi connectivity index (χ1n) is 4.13. The molecular formula is C8H11N3O3. The zero-order valence-corrected chi connectivity index (χ0v) is 7.94. The predicted octanol–water partition coefficient (Wildman–Crippen LogP) is 0.560. The average molecular weight is 197 g/mol. The van der Waals surface area contributed by atoms with E-state index in [0.717, 1.165) is 0 Å². The van der Waals surface area contributed by atoms with E-state index >= 15 is 0 Å². The molecule has 1 amide bonds. The van der Waals surface area contributed by atoms with Crippen molar-refractivity contribution in [1.29, 1.82) is 0 Å². The van der Waals surface area contributed by atoms with E-state index in [1.807, 2.05) is 0 Å². The molecule has 1 aromatic rings. The average Bonchev–Trinajstić information content (AvgIpc) is 2.46. The molecule has 0 bridgehead atoms. The first-order chi connectivity index (χ1) is 6.54. The number of hydrogen-bond acceptors (Lipinski definition) is 3. The van der Waals surface area contributed by atoms with Gasteiger partial charge in [-0.25, -0.2) is 4.79 Å². The maximum atomic E-state index is 10.7. The van der Waals surface area contributed by atoms with E-state index in [2.05, 4.69) is 10.4 Å². The van der Waals surface area contributed by atoms with Crippen molar-refractivity contribution < 1.29 is 14.7 Å². The van der Waals surface area contributed by atoms with Crippen LogP contribution in [0, 0.1) is 0 Å².